The molecule has 0 spiro atoms. The van der Waals surface area contributed by atoms with Gasteiger partial charge >= 0.3 is 5.97 Å². The van der Waals surface area contributed by atoms with E-state index in [0.29, 0.717) is 6.07 Å². The van der Waals surface area contributed by atoms with Crippen molar-refractivity contribution in [1.29, 1.82) is 0 Å². The number of hydrogen-bond donors (Lipinski definition) is 0. The molecule has 0 radical (unpaired) electrons. The molecule has 0 aliphatic carbocycles. The molecule has 88 valence electrons. The van der Waals surface area contributed by atoms with Gasteiger partial charge in [0, 0.05) is 0 Å². The maximum absolute atomic E-state index is 13.2. The molecule has 0 unspecified atom stereocenters. The summed E-state index contributed by atoms with van der Waals surface area (Å²) in [6.07, 6.45) is -3.13. The van der Waals surface area contributed by atoms with E-state index in [-0.39, 0.29) is 6.61 Å². The normalized spacial score (nSPS) is 10.6. The number of esters is 1. The second-order valence-corrected chi connectivity index (χ2v) is 2.85. The number of rotatable bonds is 3. The Morgan fingerprint density at radius 2 is 1.94 bits per heavy atom. The highest BCUT2D eigenvalue weighted by molar-refractivity contribution is 5.89. The largest absolute Gasteiger partial charge is 0.462 e. The molecule has 0 fully saturated rings. The van der Waals surface area contributed by atoms with Crippen LogP contribution in [0.3, 0.4) is 0 Å². The maximum atomic E-state index is 13.2. The van der Waals surface area contributed by atoms with Crippen LogP contribution in [0.5, 0.6) is 0 Å². The molecule has 0 saturated heterocycles. The molecular weight excluding hydrogens is 228 g/mol. The number of ether oxygens (including phenoxy) is 1. The van der Waals surface area contributed by atoms with Gasteiger partial charge in [-0.25, -0.2) is 22.4 Å². The first kappa shape index (κ1) is 12.5. The van der Waals surface area contributed by atoms with Gasteiger partial charge in [-0.2, -0.15) is 0 Å². The summed E-state index contributed by atoms with van der Waals surface area (Å²) >= 11 is 0. The van der Waals surface area contributed by atoms with Crippen molar-refractivity contribution in [1.82, 2.24) is 0 Å². The van der Waals surface area contributed by atoms with Crippen LogP contribution in [0.25, 0.3) is 0 Å². The third-order valence-electron chi connectivity index (χ3n) is 1.84. The van der Waals surface area contributed by atoms with E-state index in [0.717, 1.165) is 6.07 Å². The van der Waals surface area contributed by atoms with Gasteiger partial charge in [-0.15, -0.1) is 0 Å². The van der Waals surface area contributed by atoms with Gasteiger partial charge in [0.2, 0.25) is 0 Å². The van der Waals surface area contributed by atoms with Crippen LogP contribution in [0.1, 0.15) is 29.3 Å². The summed E-state index contributed by atoms with van der Waals surface area (Å²) in [5, 5.41) is 0. The monoisotopic (exact) mass is 236 g/mol. The average molecular weight is 236 g/mol. The number of carbonyl (C=O) groups is 1. The lowest BCUT2D eigenvalue weighted by atomic mass is 10.1. The van der Waals surface area contributed by atoms with Gasteiger partial charge in [0.25, 0.3) is 6.43 Å². The molecule has 0 aromatic heterocycles. The van der Waals surface area contributed by atoms with E-state index in [1.807, 2.05) is 0 Å². The standard InChI is InChI=1S/C10H8F4O2/c1-2-16-10(15)6-4-3-5(9(13)14)7(11)8(6)12/h3-4,9H,2H2,1H3. The van der Waals surface area contributed by atoms with Crippen LogP contribution in [0.2, 0.25) is 0 Å². The van der Waals surface area contributed by atoms with E-state index in [9.17, 15) is 22.4 Å². The quantitative estimate of drug-likeness (QED) is 0.595. The zero-order chi connectivity index (χ0) is 12.3. The predicted octanol–water partition coefficient (Wildman–Crippen LogP) is 3.08. The third-order valence-corrected chi connectivity index (χ3v) is 1.84. The number of hydrogen-bond acceptors (Lipinski definition) is 2. The van der Waals surface area contributed by atoms with E-state index in [4.69, 9.17) is 0 Å². The molecule has 1 rings (SSSR count). The summed E-state index contributed by atoms with van der Waals surface area (Å²) in [5.41, 5.74) is -1.77. The van der Waals surface area contributed by atoms with E-state index >= 15 is 0 Å². The van der Waals surface area contributed by atoms with Crippen LogP contribution < -0.4 is 0 Å². The fourth-order valence-corrected chi connectivity index (χ4v) is 1.10. The van der Waals surface area contributed by atoms with Crippen molar-refractivity contribution in [3.63, 3.8) is 0 Å². The number of carbonyl (C=O) groups excluding carboxylic acids is 1. The zero-order valence-electron chi connectivity index (χ0n) is 8.27. The summed E-state index contributed by atoms with van der Waals surface area (Å²) in [6, 6.07) is 1.44. The molecule has 1 aromatic carbocycles. The van der Waals surface area contributed by atoms with Crippen LogP contribution >= 0.6 is 0 Å². The minimum Gasteiger partial charge on any atom is -0.462 e. The molecule has 0 amide bonds. The van der Waals surface area contributed by atoms with Gasteiger partial charge in [0.15, 0.2) is 11.6 Å². The van der Waals surface area contributed by atoms with Crippen molar-refractivity contribution in [3.8, 4) is 0 Å². The van der Waals surface area contributed by atoms with E-state index in [2.05, 4.69) is 4.74 Å². The van der Waals surface area contributed by atoms with Gasteiger partial charge < -0.3 is 4.74 Å². The Morgan fingerprint density at radius 3 is 2.44 bits per heavy atom. The van der Waals surface area contributed by atoms with Gasteiger partial charge in [0.05, 0.1) is 17.7 Å². The maximum Gasteiger partial charge on any atom is 0.341 e. The lowest BCUT2D eigenvalue weighted by Gasteiger charge is -2.07. The smallest absolute Gasteiger partial charge is 0.341 e. The molecule has 16 heavy (non-hydrogen) atoms. The van der Waals surface area contributed by atoms with E-state index in [1.54, 1.807) is 0 Å². The van der Waals surface area contributed by atoms with Crippen LogP contribution in [-0.2, 0) is 4.74 Å². The fourth-order valence-electron chi connectivity index (χ4n) is 1.10. The Bertz CT molecular complexity index is 404. The predicted molar refractivity (Wildman–Crippen MR) is 47.3 cm³/mol. The van der Waals surface area contributed by atoms with E-state index < -0.39 is 35.2 Å². The Balaban J connectivity index is 3.16. The molecule has 0 aliphatic heterocycles. The van der Waals surface area contributed by atoms with Gasteiger partial charge in [-0.05, 0) is 19.1 Å². The molecule has 0 N–H and O–H groups in total. The lowest BCUT2D eigenvalue weighted by Crippen LogP contribution is -2.10. The highest BCUT2D eigenvalue weighted by Crippen LogP contribution is 2.25. The highest BCUT2D eigenvalue weighted by Gasteiger charge is 2.23. The number of alkyl halides is 2. The minimum absolute atomic E-state index is 0.0174. The van der Waals surface area contributed by atoms with Crippen LogP contribution in [0, 0.1) is 11.6 Å². The summed E-state index contributed by atoms with van der Waals surface area (Å²) in [7, 11) is 0. The van der Waals surface area contributed by atoms with Crippen molar-refractivity contribution in [2.75, 3.05) is 6.61 Å². The number of benzene rings is 1. The first-order valence-electron chi connectivity index (χ1n) is 4.42. The molecule has 2 nitrogen and oxygen atoms in total. The Morgan fingerprint density at radius 1 is 1.31 bits per heavy atom. The van der Waals surface area contributed by atoms with Gasteiger partial charge in [-0.1, -0.05) is 0 Å². The molecule has 0 saturated carbocycles. The first-order chi connectivity index (χ1) is 7.49. The minimum atomic E-state index is -3.13. The Hall–Kier alpha value is -1.59. The lowest BCUT2D eigenvalue weighted by molar-refractivity contribution is 0.0519. The summed E-state index contributed by atoms with van der Waals surface area (Å²) < 4.78 is 55.0. The second-order valence-electron chi connectivity index (χ2n) is 2.85. The van der Waals surface area contributed by atoms with E-state index in [1.165, 1.54) is 6.92 Å². The summed E-state index contributed by atoms with van der Waals surface area (Å²) in [4.78, 5) is 11.1. The van der Waals surface area contributed by atoms with Gasteiger partial charge in [0.1, 0.15) is 0 Å². The zero-order valence-corrected chi connectivity index (χ0v) is 8.27. The van der Waals surface area contributed by atoms with Crippen molar-refractivity contribution >= 4 is 5.97 Å². The van der Waals surface area contributed by atoms with Crippen LogP contribution in [0.15, 0.2) is 12.1 Å². The topological polar surface area (TPSA) is 26.3 Å². The highest BCUT2D eigenvalue weighted by atomic mass is 19.3. The van der Waals surface area contributed by atoms with Crippen molar-refractivity contribution in [2.24, 2.45) is 0 Å². The van der Waals surface area contributed by atoms with Crippen molar-refractivity contribution in [2.45, 2.75) is 13.3 Å². The fraction of sp³-hybridized carbons (Fsp3) is 0.300. The SMILES string of the molecule is CCOC(=O)c1ccc(C(F)F)c(F)c1F. The summed E-state index contributed by atoms with van der Waals surface area (Å²) in [5.74, 6) is -4.42. The Kier molecular flexibility index (Phi) is 3.87. The molecule has 0 aliphatic rings. The van der Waals surface area contributed by atoms with Gasteiger partial charge in [-0.3, -0.25) is 0 Å². The molecule has 0 bridgehead atoms. The second kappa shape index (κ2) is 4.96. The van der Waals surface area contributed by atoms with Crippen molar-refractivity contribution in [3.05, 3.63) is 34.9 Å². The molecule has 1 aromatic rings. The average Bonchev–Trinajstić information content (AvgIpc) is 2.21. The molecule has 0 atom stereocenters. The number of halogens is 4. The first-order valence-corrected chi connectivity index (χ1v) is 4.42. The van der Waals surface area contributed by atoms with Crippen LogP contribution in [0.4, 0.5) is 17.6 Å². The summed E-state index contributed by atoms with van der Waals surface area (Å²) in [6.45, 7) is 1.47. The third kappa shape index (κ3) is 2.32. The van der Waals surface area contributed by atoms with Crippen molar-refractivity contribution < 1.29 is 27.1 Å². The molecule has 6 heteroatoms. The molecular formula is C10H8F4O2. The molecule has 0 heterocycles. The van der Waals surface area contributed by atoms with Crippen LogP contribution in [-0.4, -0.2) is 12.6 Å². The Labute approximate surface area is 88.8 Å².